The van der Waals surface area contributed by atoms with Crippen LogP contribution in [0.25, 0.3) is 5.69 Å². The second-order valence-corrected chi connectivity index (χ2v) is 5.13. The van der Waals surface area contributed by atoms with E-state index < -0.39 is 0 Å². The molecule has 2 amide bonds. The second-order valence-electron chi connectivity index (χ2n) is 5.13. The highest BCUT2D eigenvalue weighted by atomic mass is 16.2. The summed E-state index contributed by atoms with van der Waals surface area (Å²) in [6.45, 7) is 1.94. The van der Waals surface area contributed by atoms with Gasteiger partial charge in [0.05, 0.1) is 24.3 Å². The molecule has 1 atom stereocenters. The molecule has 2 N–H and O–H groups in total. The number of anilines is 1. The Morgan fingerprint density at radius 1 is 1.17 bits per heavy atom. The summed E-state index contributed by atoms with van der Waals surface area (Å²) in [5.41, 5.74) is 2.67. The van der Waals surface area contributed by atoms with E-state index in [4.69, 9.17) is 0 Å². The van der Waals surface area contributed by atoms with Gasteiger partial charge in [-0.1, -0.05) is 12.1 Å². The Morgan fingerprint density at radius 2 is 2.09 bits per heavy atom. The van der Waals surface area contributed by atoms with Gasteiger partial charge in [0, 0.05) is 24.3 Å². The number of aromatic nitrogens is 3. The van der Waals surface area contributed by atoms with Gasteiger partial charge in [0.1, 0.15) is 0 Å². The zero-order valence-electron chi connectivity index (χ0n) is 12.7. The number of carbonyl (C=O) groups is 1. The molecule has 0 bridgehead atoms. The van der Waals surface area contributed by atoms with E-state index in [-0.39, 0.29) is 12.1 Å². The lowest BCUT2D eigenvalue weighted by molar-refractivity contribution is 0.249. The van der Waals surface area contributed by atoms with Gasteiger partial charge in [-0.25, -0.2) is 9.78 Å². The summed E-state index contributed by atoms with van der Waals surface area (Å²) in [5, 5.41) is 5.67. The van der Waals surface area contributed by atoms with Crippen LogP contribution in [0.2, 0.25) is 0 Å². The molecule has 1 aromatic carbocycles. The molecule has 0 saturated carbocycles. The number of hydrogen-bond donors (Lipinski definition) is 2. The molecular formula is C17H17N5O. The van der Waals surface area contributed by atoms with Crippen molar-refractivity contribution >= 4 is 11.7 Å². The maximum absolute atomic E-state index is 12.0. The van der Waals surface area contributed by atoms with E-state index in [1.807, 2.05) is 42.0 Å². The van der Waals surface area contributed by atoms with Crippen molar-refractivity contribution in [2.45, 2.75) is 13.0 Å². The van der Waals surface area contributed by atoms with Crippen LogP contribution in [-0.2, 0) is 0 Å². The molecule has 3 aromatic rings. The fourth-order valence-electron chi connectivity index (χ4n) is 2.25. The highest BCUT2D eigenvalue weighted by Crippen LogP contribution is 2.17. The fraction of sp³-hybridized carbons (Fsp3) is 0.118. The maximum Gasteiger partial charge on any atom is 0.319 e. The Bertz CT molecular complexity index is 771. The Balaban J connectivity index is 1.67. The van der Waals surface area contributed by atoms with Crippen molar-refractivity contribution in [2.24, 2.45) is 0 Å². The van der Waals surface area contributed by atoms with E-state index in [1.165, 1.54) is 0 Å². The van der Waals surface area contributed by atoms with Crippen LogP contribution in [0.5, 0.6) is 0 Å². The van der Waals surface area contributed by atoms with Crippen LogP contribution < -0.4 is 10.6 Å². The van der Waals surface area contributed by atoms with Crippen molar-refractivity contribution in [3.63, 3.8) is 0 Å². The largest absolute Gasteiger partial charge is 0.331 e. The SMILES string of the molecule is C[C@@H](NC(=O)Nc1cccnc1)c1cccc(-n2ccnc2)c1. The molecule has 0 saturated heterocycles. The lowest BCUT2D eigenvalue weighted by Gasteiger charge is -2.16. The van der Waals surface area contributed by atoms with Gasteiger partial charge in [-0.15, -0.1) is 0 Å². The van der Waals surface area contributed by atoms with Gasteiger partial charge in [0.2, 0.25) is 0 Å². The van der Waals surface area contributed by atoms with Crippen molar-refractivity contribution in [1.29, 1.82) is 0 Å². The first-order chi connectivity index (χ1) is 11.2. The summed E-state index contributed by atoms with van der Waals surface area (Å²) in [5.74, 6) is 0. The number of benzene rings is 1. The lowest BCUT2D eigenvalue weighted by Crippen LogP contribution is -2.31. The zero-order chi connectivity index (χ0) is 16.1. The molecule has 0 aliphatic heterocycles. The van der Waals surface area contributed by atoms with Crippen LogP contribution in [0.4, 0.5) is 10.5 Å². The zero-order valence-corrected chi connectivity index (χ0v) is 12.7. The maximum atomic E-state index is 12.0. The summed E-state index contributed by atoms with van der Waals surface area (Å²) < 4.78 is 1.92. The predicted molar refractivity (Wildman–Crippen MR) is 88.4 cm³/mol. The third-order valence-electron chi connectivity index (χ3n) is 3.44. The molecule has 0 aliphatic carbocycles. The van der Waals surface area contributed by atoms with Gasteiger partial charge >= 0.3 is 6.03 Å². The highest BCUT2D eigenvalue weighted by Gasteiger charge is 2.10. The number of nitrogens with one attached hydrogen (secondary N) is 2. The summed E-state index contributed by atoms with van der Waals surface area (Å²) in [7, 11) is 0. The third-order valence-corrected chi connectivity index (χ3v) is 3.44. The Labute approximate surface area is 134 Å². The Hall–Kier alpha value is -3.15. The van der Waals surface area contributed by atoms with Gasteiger partial charge in [0.15, 0.2) is 0 Å². The van der Waals surface area contributed by atoms with Gasteiger partial charge in [0.25, 0.3) is 0 Å². The number of amides is 2. The number of imidazole rings is 1. The average Bonchev–Trinajstić information content (AvgIpc) is 3.10. The molecule has 23 heavy (non-hydrogen) atoms. The van der Waals surface area contributed by atoms with Crippen LogP contribution in [0.3, 0.4) is 0 Å². The molecular weight excluding hydrogens is 290 g/mol. The average molecular weight is 307 g/mol. The van der Waals surface area contributed by atoms with E-state index in [1.54, 1.807) is 37.1 Å². The van der Waals surface area contributed by atoms with Crippen LogP contribution >= 0.6 is 0 Å². The third kappa shape index (κ3) is 3.74. The molecule has 3 rings (SSSR count). The molecule has 6 nitrogen and oxygen atoms in total. The molecule has 0 aliphatic rings. The summed E-state index contributed by atoms with van der Waals surface area (Å²) in [6, 6.07) is 11.1. The highest BCUT2D eigenvalue weighted by molar-refractivity contribution is 5.89. The van der Waals surface area contributed by atoms with Crippen molar-refractivity contribution < 1.29 is 4.79 Å². The number of hydrogen-bond acceptors (Lipinski definition) is 3. The van der Waals surface area contributed by atoms with Crippen LogP contribution in [0.15, 0.2) is 67.5 Å². The summed E-state index contributed by atoms with van der Waals surface area (Å²) >= 11 is 0. The topological polar surface area (TPSA) is 71.8 Å². The van der Waals surface area contributed by atoms with E-state index >= 15 is 0 Å². The standard InChI is InChI=1S/C17H17N5O/c1-13(20-17(23)21-15-5-3-7-18-11-15)14-4-2-6-16(10-14)22-9-8-19-12-22/h2-13H,1H3,(H2,20,21,23)/t13-/m1/s1. The van der Waals surface area contributed by atoms with E-state index in [0.717, 1.165) is 11.3 Å². The first-order valence-corrected chi connectivity index (χ1v) is 7.28. The minimum atomic E-state index is -0.265. The van der Waals surface area contributed by atoms with Gasteiger partial charge in [-0.3, -0.25) is 4.98 Å². The van der Waals surface area contributed by atoms with Crippen LogP contribution in [0.1, 0.15) is 18.5 Å². The van der Waals surface area contributed by atoms with Gasteiger partial charge in [-0.2, -0.15) is 0 Å². The smallest absolute Gasteiger partial charge is 0.319 e. The summed E-state index contributed by atoms with van der Waals surface area (Å²) in [6.07, 6.45) is 8.62. The number of carbonyl (C=O) groups excluding carboxylic acids is 1. The van der Waals surface area contributed by atoms with Crippen molar-refractivity contribution in [2.75, 3.05) is 5.32 Å². The first kappa shape index (κ1) is 14.8. The van der Waals surface area contributed by atoms with Gasteiger partial charge < -0.3 is 15.2 Å². The minimum absolute atomic E-state index is 0.129. The van der Waals surface area contributed by atoms with E-state index in [9.17, 15) is 4.79 Å². The Morgan fingerprint density at radius 3 is 2.83 bits per heavy atom. The predicted octanol–water partition coefficient (Wildman–Crippen LogP) is 3.15. The molecule has 116 valence electrons. The summed E-state index contributed by atoms with van der Waals surface area (Å²) in [4.78, 5) is 20.1. The minimum Gasteiger partial charge on any atom is -0.331 e. The van der Waals surface area contributed by atoms with Crippen molar-refractivity contribution in [3.05, 3.63) is 73.1 Å². The van der Waals surface area contributed by atoms with Crippen molar-refractivity contribution in [3.8, 4) is 5.69 Å². The number of urea groups is 1. The quantitative estimate of drug-likeness (QED) is 0.777. The molecule has 2 aromatic heterocycles. The molecule has 2 heterocycles. The molecule has 0 fully saturated rings. The normalized spacial score (nSPS) is 11.7. The first-order valence-electron chi connectivity index (χ1n) is 7.28. The molecule has 0 unspecified atom stereocenters. The molecule has 6 heteroatoms. The van der Waals surface area contributed by atoms with Gasteiger partial charge in [-0.05, 0) is 36.8 Å². The van der Waals surface area contributed by atoms with Crippen LogP contribution in [-0.4, -0.2) is 20.6 Å². The number of pyridine rings is 1. The monoisotopic (exact) mass is 307 g/mol. The van der Waals surface area contributed by atoms with Crippen molar-refractivity contribution in [1.82, 2.24) is 19.9 Å². The number of nitrogens with zero attached hydrogens (tertiary/aromatic N) is 3. The van der Waals surface area contributed by atoms with E-state index in [0.29, 0.717) is 5.69 Å². The molecule has 0 spiro atoms. The molecule has 0 radical (unpaired) electrons. The number of rotatable bonds is 4. The fourth-order valence-corrected chi connectivity index (χ4v) is 2.25. The lowest BCUT2D eigenvalue weighted by atomic mass is 10.1. The van der Waals surface area contributed by atoms with Crippen LogP contribution in [0, 0.1) is 0 Å². The second kappa shape index (κ2) is 6.74. The van der Waals surface area contributed by atoms with E-state index in [2.05, 4.69) is 20.6 Å². The Kier molecular flexibility index (Phi) is 4.33.